The minimum atomic E-state index is -0.0382. The van der Waals surface area contributed by atoms with Crippen molar-refractivity contribution in [2.75, 3.05) is 6.54 Å². The molecule has 0 radical (unpaired) electrons. The first-order valence-corrected chi connectivity index (χ1v) is 8.18. The molecule has 0 bridgehead atoms. The zero-order valence-corrected chi connectivity index (χ0v) is 13.3. The van der Waals surface area contributed by atoms with Crippen LogP contribution in [0.2, 0.25) is 0 Å². The van der Waals surface area contributed by atoms with Crippen LogP contribution in [0.15, 0.2) is 65.7 Å². The molecule has 4 nitrogen and oxygen atoms in total. The molecule has 4 aromatic rings. The van der Waals surface area contributed by atoms with Gasteiger partial charge in [0.25, 0.3) is 5.56 Å². The number of pyridine rings is 1. The Labute approximate surface area is 139 Å². The Balaban J connectivity index is 1.56. The van der Waals surface area contributed by atoms with Crippen molar-refractivity contribution in [3.63, 3.8) is 0 Å². The highest BCUT2D eigenvalue weighted by Crippen LogP contribution is 2.26. The van der Waals surface area contributed by atoms with Gasteiger partial charge in [-0.3, -0.25) is 4.79 Å². The molecule has 0 aliphatic carbocycles. The maximum atomic E-state index is 12.0. The maximum absolute atomic E-state index is 12.0. The van der Waals surface area contributed by atoms with E-state index in [-0.39, 0.29) is 5.56 Å². The number of H-pyrrole nitrogens is 2. The van der Waals surface area contributed by atoms with Crippen LogP contribution < -0.4 is 10.9 Å². The normalized spacial score (nSPS) is 11.3. The monoisotopic (exact) mass is 317 g/mol. The number of aromatic nitrogens is 2. The van der Waals surface area contributed by atoms with Gasteiger partial charge in [0.05, 0.1) is 0 Å². The van der Waals surface area contributed by atoms with E-state index in [0.717, 1.165) is 41.2 Å². The largest absolute Gasteiger partial charge is 0.361 e. The summed E-state index contributed by atoms with van der Waals surface area (Å²) in [7, 11) is 0. The van der Waals surface area contributed by atoms with E-state index in [2.05, 4.69) is 45.7 Å². The fourth-order valence-corrected chi connectivity index (χ4v) is 3.22. The van der Waals surface area contributed by atoms with E-state index in [0.29, 0.717) is 0 Å². The van der Waals surface area contributed by atoms with Gasteiger partial charge in [0.2, 0.25) is 0 Å². The van der Waals surface area contributed by atoms with Gasteiger partial charge in [-0.05, 0) is 47.7 Å². The molecule has 0 unspecified atom stereocenters. The van der Waals surface area contributed by atoms with E-state index < -0.39 is 0 Å². The third kappa shape index (κ3) is 2.72. The molecule has 0 spiro atoms. The molecule has 4 heteroatoms. The standard InChI is InChI=1S/C20H19N3O/c24-20-17-6-7-18-19(16(17)9-11-22-20)15(13-23-18)8-10-21-12-14-4-2-1-3-5-14/h1-7,9,11,13,21,23H,8,10,12H2,(H,22,24). The van der Waals surface area contributed by atoms with Gasteiger partial charge < -0.3 is 15.3 Å². The van der Waals surface area contributed by atoms with Gasteiger partial charge in [-0.25, -0.2) is 0 Å². The van der Waals surface area contributed by atoms with Gasteiger partial charge in [0.1, 0.15) is 0 Å². The van der Waals surface area contributed by atoms with Gasteiger partial charge >= 0.3 is 0 Å². The lowest BCUT2D eigenvalue weighted by Gasteiger charge is -2.06. The molecule has 120 valence electrons. The molecule has 0 atom stereocenters. The average molecular weight is 317 g/mol. The number of benzene rings is 2. The number of hydrogen-bond donors (Lipinski definition) is 3. The molecule has 4 rings (SSSR count). The number of fused-ring (bicyclic) bond motifs is 3. The summed E-state index contributed by atoms with van der Waals surface area (Å²) in [6.07, 6.45) is 4.68. The van der Waals surface area contributed by atoms with E-state index in [9.17, 15) is 4.79 Å². The number of nitrogens with one attached hydrogen (secondary N) is 3. The predicted molar refractivity (Wildman–Crippen MR) is 98.3 cm³/mol. The second-order valence-electron chi connectivity index (χ2n) is 5.98. The lowest BCUT2D eigenvalue weighted by atomic mass is 10.0. The van der Waals surface area contributed by atoms with Crippen LogP contribution in [0, 0.1) is 0 Å². The van der Waals surface area contributed by atoms with Gasteiger partial charge in [-0.1, -0.05) is 30.3 Å². The Bertz CT molecular complexity index is 1030. The minimum Gasteiger partial charge on any atom is -0.361 e. The molecule has 0 fully saturated rings. The molecule has 2 aromatic carbocycles. The van der Waals surface area contributed by atoms with Crippen molar-refractivity contribution in [2.24, 2.45) is 0 Å². The summed E-state index contributed by atoms with van der Waals surface area (Å²) in [5.41, 5.74) is 3.56. The Morgan fingerprint density at radius 1 is 0.917 bits per heavy atom. The quantitative estimate of drug-likeness (QED) is 0.494. The van der Waals surface area contributed by atoms with Crippen LogP contribution in [-0.2, 0) is 13.0 Å². The van der Waals surface area contributed by atoms with E-state index >= 15 is 0 Å². The number of rotatable bonds is 5. The fraction of sp³-hybridized carbons (Fsp3) is 0.150. The van der Waals surface area contributed by atoms with E-state index in [4.69, 9.17) is 0 Å². The lowest BCUT2D eigenvalue weighted by molar-refractivity contribution is 0.688. The van der Waals surface area contributed by atoms with Crippen molar-refractivity contribution < 1.29 is 0 Å². The molecular formula is C20H19N3O. The van der Waals surface area contributed by atoms with Crippen molar-refractivity contribution in [3.8, 4) is 0 Å². The van der Waals surface area contributed by atoms with E-state index in [1.54, 1.807) is 6.20 Å². The average Bonchev–Trinajstić information content (AvgIpc) is 3.04. The lowest BCUT2D eigenvalue weighted by Crippen LogP contribution is -2.16. The third-order valence-electron chi connectivity index (χ3n) is 4.42. The number of aromatic amines is 2. The second kappa shape index (κ2) is 6.34. The molecular weight excluding hydrogens is 298 g/mol. The van der Waals surface area contributed by atoms with Gasteiger partial charge in [0.15, 0.2) is 0 Å². The summed E-state index contributed by atoms with van der Waals surface area (Å²) in [5, 5.41) is 6.38. The molecule has 2 aromatic heterocycles. The zero-order valence-electron chi connectivity index (χ0n) is 13.3. The molecule has 0 saturated heterocycles. The SMILES string of the molecule is O=c1[nH]ccc2c1ccc1[nH]cc(CCNCc3ccccc3)c12. The first kappa shape index (κ1) is 14.7. The fourth-order valence-electron chi connectivity index (χ4n) is 3.22. The van der Waals surface area contributed by atoms with Crippen LogP contribution in [0.1, 0.15) is 11.1 Å². The summed E-state index contributed by atoms with van der Waals surface area (Å²) in [4.78, 5) is 18.1. The zero-order chi connectivity index (χ0) is 16.4. The maximum Gasteiger partial charge on any atom is 0.255 e. The van der Waals surface area contributed by atoms with Crippen LogP contribution in [-0.4, -0.2) is 16.5 Å². The number of hydrogen-bond acceptors (Lipinski definition) is 2. The van der Waals surface area contributed by atoms with Crippen LogP contribution in [0.25, 0.3) is 21.7 Å². The van der Waals surface area contributed by atoms with Crippen LogP contribution in [0.3, 0.4) is 0 Å². The smallest absolute Gasteiger partial charge is 0.255 e. The molecule has 3 N–H and O–H groups in total. The van der Waals surface area contributed by atoms with Crippen molar-refractivity contribution in [2.45, 2.75) is 13.0 Å². The highest BCUT2D eigenvalue weighted by atomic mass is 16.1. The predicted octanol–water partition coefficient (Wildman–Crippen LogP) is 3.34. The van der Waals surface area contributed by atoms with Crippen LogP contribution >= 0.6 is 0 Å². The summed E-state index contributed by atoms with van der Waals surface area (Å²) in [6.45, 7) is 1.75. The molecule has 0 amide bonds. The van der Waals surface area contributed by atoms with Crippen molar-refractivity contribution in [1.29, 1.82) is 0 Å². The van der Waals surface area contributed by atoms with Crippen molar-refractivity contribution in [1.82, 2.24) is 15.3 Å². The highest BCUT2D eigenvalue weighted by molar-refractivity contribution is 6.07. The van der Waals surface area contributed by atoms with Gasteiger partial charge in [0, 0.05) is 35.2 Å². The highest BCUT2D eigenvalue weighted by Gasteiger charge is 2.09. The Kier molecular flexibility index (Phi) is 3.89. The Morgan fingerprint density at radius 3 is 2.67 bits per heavy atom. The molecule has 2 heterocycles. The van der Waals surface area contributed by atoms with Crippen molar-refractivity contribution >= 4 is 21.7 Å². The van der Waals surface area contributed by atoms with E-state index in [1.807, 2.05) is 24.3 Å². The van der Waals surface area contributed by atoms with Crippen molar-refractivity contribution in [3.05, 3.63) is 82.4 Å². The third-order valence-corrected chi connectivity index (χ3v) is 4.42. The first-order valence-electron chi connectivity index (χ1n) is 8.18. The van der Waals surface area contributed by atoms with Gasteiger partial charge in [-0.15, -0.1) is 0 Å². The summed E-state index contributed by atoms with van der Waals surface area (Å²) >= 11 is 0. The molecule has 0 saturated carbocycles. The summed E-state index contributed by atoms with van der Waals surface area (Å²) < 4.78 is 0. The summed E-state index contributed by atoms with van der Waals surface area (Å²) in [5.74, 6) is 0. The first-order chi connectivity index (χ1) is 11.8. The molecule has 0 aliphatic rings. The minimum absolute atomic E-state index is 0.0382. The summed E-state index contributed by atoms with van der Waals surface area (Å²) in [6, 6.07) is 16.2. The van der Waals surface area contributed by atoms with Gasteiger partial charge in [-0.2, -0.15) is 0 Å². The Morgan fingerprint density at radius 2 is 1.79 bits per heavy atom. The molecule has 0 aliphatic heterocycles. The topological polar surface area (TPSA) is 60.7 Å². The van der Waals surface area contributed by atoms with Crippen LogP contribution in [0.4, 0.5) is 0 Å². The van der Waals surface area contributed by atoms with Crippen LogP contribution in [0.5, 0.6) is 0 Å². The Hall–Kier alpha value is -2.85. The molecule has 24 heavy (non-hydrogen) atoms. The van der Waals surface area contributed by atoms with E-state index in [1.165, 1.54) is 11.1 Å². The second-order valence-corrected chi connectivity index (χ2v) is 5.98.